The maximum atomic E-state index is 13.2. The molecule has 0 N–H and O–H groups in total. The smallest absolute Gasteiger partial charge is 0.423 e. The summed E-state index contributed by atoms with van der Waals surface area (Å²) in [5, 5.41) is 0. The van der Waals surface area contributed by atoms with E-state index in [0.717, 1.165) is 16.4 Å². The van der Waals surface area contributed by atoms with Crippen molar-refractivity contribution in [2.75, 3.05) is 18.1 Å². The predicted molar refractivity (Wildman–Crippen MR) is 94.2 cm³/mol. The molecule has 0 radical (unpaired) electrons. The lowest BCUT2D eigenvalue weighted by molar-refractivity contribution is -0.139. The van der Waals surface area contributed by atoms with Crippen molar-refractivity contribution in [2.24, 2.45) is 5.92 Å². The molecule has 4 nitrogen and oxygen atoms in total. The number of nitrogens with zero attached hydrogens (tertiary/aromatic N) is 3. The molecule has 8 heteroatoms. The minimum absolute atomic E-state index is 0.0758. The van der Waals surface area contributed by atoms with E-state index in [-0.39, 0.29) is 18.5 Å². The summed E-state index contributed by atoms with van der Waals surface area (Å²) in [6.45, 7) is 6.22. The van der Waals surface area contributed by atoms with E-state index in [1.807, 2.05) is 45.0 Å². The summed E-state index contributed by atoms with van der Waals surface area (Å²) in [6, 6.07) is 7.38. The van der Waals surface area contributed by atoms with Gasteiger partial charge in [0, 0.05) is 22.9 Å². The first kappa shape index (κ1) is 19.5. The van der Waals surface area contributed by atoms with E-state index in [2.05, 4.69) is 25.9 Å². The van der Waals surface area contributed by atoms with Crippen molar-refractivity contribution in [3.05, 3.63) is 40.5 Å². The number of benzene rings is 1. The third-order valence-electron chi connectivity index (χ3n) is 3.28. The van der Waals surface area contributed by atoms with Crippen LogP contribution >= 0.6 is 15.9 Å². The Bertz CT molecular complexity index is 723. The van der Waals surface area contributed by atoms with E-state index in [9.17, 15) is 13.2 Å². The fourth-order valence-electron chi connectivity index (χ4n) is 2.12. The summed E-state index contributed by atoms with van der Waals surface area (Å²) in [5.74, 6) is -0.209. The predicted octanol–water partition coefficient (Wildman–Crippen LogP) is 5.45. The van der Waals surface area contributed by atoms with Gasteiger partial charge in [0.2, 0.25) is 11.8 Å². The van der Waals surface area contributed by atoms with Gasteiger partial charge in [-0.15, -0.1) is 0 Å². The number of ether oxygens (including phenoxy) is 1. The first-order chi connectivity index (χ1) is 11.7. The van der Waals surface area contributed by atoms with Gasteiger partial charge >= 0.3 is 6.18 Å². The van der Waals surface area contributed by atoms with Crippen molar-refractivity contribution in [1.82, 2.24) is 9.97 Å². The van der Waals surface area contributed by atoms with E-state index in [4.69, 9.17) is 4.74 Å². The molecule has 0 saturated carbocycles. The zero-order valence-corrected chi connectivity index (χ0v) is 15.7. The maximum absolute atomic E-state index is 13.2. The molecule has 2 rings (SSSR count). The molecule has 1 aromatic heterocycles. The highest BCUT2D eigenvalue weighted by Gasteiger charge is 2.36. The zero-order valence-electron chi connectivity index (χ0n) is 14.1. The highest BCUT2D eigenvalue weighted by atomic mass is 79.9. The van der Waals surface area contributed by atoms with Crippen LogP contribution in [0.25, 0.3) is 0 Å². The van der Waals surface area contributed by atoms with E-state index in [0.29, 0.717) is 6.54 Å². The van der Waals surface area contributed by atoms with E-state index in [1.54, 1.807) is 4.90 Å². The molecule has 0 atom stereocenters. The standard InChI is InChI=1S/C17H19BrF3N3O/c1-4-24(13-7-5-6-12(18)8-13)16-22-9-14(17(19,20)21)15(23-16)25-10-11(2)3/h5-9,11H,4,10H2,1-3H3. The quantitative estimate of drug-likeness (QED) is 0.626. The van der Waals surface area contributed by atoms with Gasteiger partial charge in [-0.1, -0.05) is 35.8 Å². The Kier molecular flexibility index (Phi) is 6.26. The average molecular weight is 418 g/mol. The van der Waals surface area contributed by atoms with Gasteiger partial charge in [0.05, 0.1) is 6.61 Å². The Labute approximate surface area is 153 Å². The molecule has 1 aromatic carbocycles. The topological polar surface area (TPSA) is 38.2 Å². The van der Waals surface area contributed by atoms with E-state index in [1.165, 1.54) is 0 Å². The van der Waals surface area contributed by atoms with Gasteiger partial charge in [-0.05, 0) is 31.0 Å². The summed E-state index contributed by atoms with van der Waals surface area (Å²) in [7, 11) is 0. The average Bonchev–Trinajstić information content (AvgIpc) is 2.53. The number of rotatable bonds is 6. The molecule has 0 bridgehead atoms. The van der Waals surface area contributed by atoms with Crippen molar-refractivity contribution in [3.63, 3.8) is 0 Å². The minimum atomic E-state index is -4.57. The summed E-state index contributed by atoms with van der Waals surface area (Å²) in [6.07, 6.45) is -3.80. The van der Waals surface area contributed by atoms with Crippen LogP contribution in [0, 0.1) is 5.92 Å². The molecule has 0 aliphatic heterocycles. The molecule has 0 aliphatic carbocycles. The Morgan fingerprint density at radius 2 is 2.00 bits per heavy atom. The second-order valence-corrected chi connectivity index (χ2v) is 6.73. The number of anilines is 2. The van der Waals surface area contributed by atoms with Gasteiger partial charge in [-0.25, -0.2) is 4.98 Å². The zero-order chi connectivity index (χ0) is 18.6. The number of hydrogen-bond acceptors (Lipinski definition) is 4. The molecule has 0 amide bonds. The minimum Gasteiger partial charge on any atom is -0.477 e. The van der Waals surface area contributed by atoms with Gasteiger partial charge in [0.15, 0.2) is 0 Å². The van der Waals surface area contributed by atoms with Gasteiger partial charge in [-0.3, -0.25) is 0 Å². The normalized spacial score (nSPS) is 11.7. The van der Waals surface area contributed by atoms with Crippen LogP contribution in [0.1, 0.15) is 26.3 Å². The molecule has 0 unspecified atom stereocenters. The van der Waals surface area contributed by atoms with Crippen molar-refractivity contribution in [3.8, 4) is 5.88 Å². The second kappa shape index (κ2) is 8.03. The highest BCUT2D eigenvalue weighted by molar-refractivity contribution is 9.10. The molecule has 0 aliphatic rings. The largest absolute Gasteiger partial charge is 0.477 e. The number of hydrogen-bond donors (Lipinski definition) is 0. The third kappa shape index (κ3) is 5.07. The Morgan fingerprint density at radius 3 is 2.56 bits per heavy atom. The molecule has 136 valence electrons. The number of aromatic nitrogens is 2. The van der Waals surface area contributed by atoms with E-state index >= 15 is 0 Å². The van der Waals surface area contributed by atoms with Crippen LogP contribution in [-0.2, 0) is 6.18 Å². The third-order valence-corrected chi connectivity index (χ3v) is 3.77. The summed E-state index contributed by atoms with van der Waals surface area (Å²) in [4.78, 5) is 9.67. The fraction of sp³-hybridized carbons (Fsp3) is 0.412. The lowest BCUT2D eigenvalue weighted by Gasteiger charge is -2.23. The van der Waals surface area contributed by atoms with Crippen molar-refractivity contribution >= 4 is 27.6 Å². The highest BCUT2D eigenvalue weighted by Crippen LogP contribution is 2.36. The monoisotopic (exact) mass is 417 g/mol. The van der Waals surface area contributed by atoms with Gasteiger partial charge in [0.25, 0.3) is 0 Å². The summed E-state index contributed by atoms with van der Waals surface area (Å²) in [5.41, 5.74) is -0.200. The lowest BCUT2D eigenvalue weighted by Crippen LogP contribution is -2.21. The first-order valence-electron chi connectivity index (χ1n) is 7.82. The number of alkyl halides is 3. The van der Waals surface area contributed by atoms with Crippen molar-refractivity contribution < 1.29 is 17.9 Å². The Balaban J connectivity index is 2.44. The molecule has 1 heterocycles. The van der Waals surface area contributed by atoms with Crippen LogP contribution in [0.15, 0.2) is 34.9 Å². The molecule has 2 aromatic rings. The van der Waals surface area contributed by atoms with Crippen molar-refractivity contribution in [1.29, 1.82) is 0 Å². The summed E-state index contributed by atoms with van der Waals surface area (Å²) < 4.78 is 45.7. The molecule has 25 heavy (non-hydrogen) atoms. The van der Waals surface area contributed by atoms with Gasteiger partial charge in [0.1, 0.15) is 5.56 Å². The Hall–Kier alpha value is -1.83. The van der Waals surface area contributed by atoms with Crippen LogP contribution in [0.3, 0.4) is 0 Å². The molecule has 0 fully saturated rings. The molecular formula is C17H19BrF3N3O. The van der Waals surface area contributed by atoms with Gasteiger partial charge in [-0.2, -0.15) is 18.2 Å². The van der Waals surface area contributed by atoms with Crippen LogP contribution in [0.5, 0.6) is 5.88 Å². The van der Waals surface area contributed by atoms with Crippen LogP contribution in [0.2, 0.25) is 0 Å². The fourth-order valence-corrected chi connectivity index (χ4v) is 2.51. The number of halogens is 4. The second-order valence-electron chi connectivity index (χ2n) is 5.82. The SMILES string of the molecule is CCN(c1cccc(Br)c1)c1ncc(C(F)(F)F)c(OCC(C)C)n1. The van der Waals surface area contributed by atoms with E-state index < -0.39 is 17.6 Å². The van der Waals surface area contributed by atoms with Crippen LogP contribution in [-0.4, -0.2) is 23.1 Å². The van der Waals surface area contributed by atoms with Crippen LogP contribution in [0.4, 0.5) is 24.8 Å². The lowest BCUT2D eigenvalue weighted by atomic mass is 10.2. The van der Waals surface area contributed by atoms with Crippen LogP contribution < -0.4 is 9.64 Å². The Morgan fingerprint density at radius 1 is 1.28 bits per heavy atom. The maximum Gasteiger partial charge on any atom is 0.423 e. The molecule has 0 saturated heterocycles. The molecule has 0 spiro atoms. The first-order valence-corrected chi connectivity index (χ1v) is 8.61. The molecular weight excluding hydrogens is 399 g/mol. The summed E-state index contributed by atoms with van der Waals surface area (Å²) >= 11 is 3.38. The van der Waals surface area contributed by atoms with Gasteiger partial charge < -0.3 is 9.64 Å². The van der Waals surface area contributed by atoms with Crippen molar-refractivity contribution in [2.45, 2.75) is 26.9 Å².